The number of likely N-dealkylation sites (N-methyl/N-ethyl adjacent to an activating group) is 1. The average Bonchev–Trinajstić information content (AvgIpc) is 2.87. The van der Waals surface area contributed by atoms with E-state index >= 15 is 0 Å². The molecular formula is C15H17N3OS. The lowest BCUT2D eigenvalue weighted by Gasteiger charge is -2.38. The van der Waals surface area contributed by atoms with Crippen molar-refractivity contribution in [1.82, 2.24) is 4.90 Å². The highest BCUT2D eigenvalue weighted by Gasteiger charge is 2.47. The van der Waals surface area contributed by atoms with Crippen molar-refractivity contribution in [3.8, 4) is 0 Å². The number of guanidine groups is 1. The molecule has 0 saturated carbocycles. The second-order valence-corrected chi connectivity index (χ2v) is 6.46. The summed E-state index contributed by atoms with van der Waals surface area (Å²) < 4.78 is 1.19. The zero-order chi connectivity index (χ0) is 14.5. The normalized spacial score (nSPS) is 26.9. The monoisotopic (exact) mass is 287 g/mol. The number of fused-ring (bicyclic) bond motifs is 1. The highest BCUT2D eigenvalue weighted by molar-refractivity contribution is 7.19. The Bertz CT molecular complexity index is 688. The Hall–Kier alpha value is -1.88. The number of hydrogen-bond donors (Lipinski definition) is 1. The Kier molecular flexibility index (Phi) is 2.83. The molecule has 2 aromatic rings. The molecule has 4 nitrogen and oxygen atoms in total. The molecule has 1 amide bonds. The first-order valence-corrected chi connectivity index (χ1v) is 7.36. The van der Waals surface area contributed by atoms with Gasteiger partial charge in [0, 0.05) is 16.6 Å². The van der Waals surface area contributed by atoms with Crippen LogP contribution in [-0.2, 0) is 10.2 Å². The van der Waals surface area contributed by atoms with Crippen LogP contribution in [0.5, 0.6) is 0 Å². The maximum Gasteiger partial charge on any atom is 0.242 e. The minimum Gasteiger partial charge on any atom is -0.369 e. The Morgan fingerprint density at radius 2 is 2.10 bits per heavy atom. The van der Waals surface area contributed by atoms with Gasteiger partial charge in [0.25, 0.3) is 0 Å². The molecule has 0 bridgehead atoms. The topological polar surface area (TPSA) is 58.7 Å². The molecule has 2 heterocycles. The van der Waals surface area contributed by atoms with Crippen molar-refractivity contribution in [3.63, 3.8) is 0 Å². The van der Waals surface area contributed by atoms with Crippen molar-refractivity contribution in [2.45, 2.75) is 25.3 Å². The summed E-state index contributed by atoms with van der Waals surface area (Å²) in [6.07, 6.45) is 0. The first kappa shape index (κ1) is 13.1. The fourth-order valence-corrected chi connectivity index (χ4v) is 3.88. The third kappa shape index (κ3) is 1.66. The molecule has 0 spiro atoms. The summed E-state index contributed by atoms with van der Waals surface area (Å²) in [7, 11) is 1.68. The SMILES string of the molecule is C[C@@H]1N=C(N)N(C)C(=O)[C@]1(C)c1cc2ccccc2s1. The van der Waals surface area contributed by atoms with Gasteiger partial charge in [0.1, 0.15) is 5.41 Å². The maximum absolute atomic E-state index is 12.7. The molecule has 1 aliphatic rings. The van der Waals surface area contributed by atoms with E-state index < -0.39 is 5.41 Å². The fraction of sp³-hybridized carbons (Fsp3) is 0.333. The van der Waals surface area contributed by atoms with Gasteiger partial charge in [0.15, 0.2) is 5.96 Å². The molecule has 104 valence electrons. The average molecular weight is 287 g/mol. The molecule has 0 unspecified atom stereocenters. The number of rotatable bonds is 1. The molecule has 0 aliphatic carbocycles. The van der Waals surface area contributed by atoms with E-state index in [1.165, 1.54) is 15.0 Å². The number of carbonyl (C=O) groups excluding carboxylic acids is 1. The molecule has 1 aliphatic heterocycles. The standard InChI is InChI=1S/C15H17N3OS/c1-9-15(2,13(19)18(3)14(16)17-9)12-8-10-6-4-5-7-11(10)20-12/h4-9H,1-3H3,(H2,16,17)/t9-,15-/m0/s1. The zero-order valence-electron chi connectivity index (χ0n) is 11.8. The first-order chi connectivity index (χ1) is 9.44. The van der Waals surface area contributed by atoms with Crippen LogP contribution in [0.15, 0.2) is 35.3 Å². The van der Waals surface area contributed by atoms with Crippen LogP contribution in [0.25, 0.3) is 10.1 Å². The summed E-state index contributed by atoms with van der Waals surface area (Å²) in [5.41, 5.74) is 5.14. The van der Waals surface area contributed by atoms with Gasteiger partial charge in [-0.25, -0.2) is 4.99 Å². The maximum atomic E-state index is 12.7. The van der Waals surface area contributed by atoms with Gasteiger partial charge in [0.05, 0.1) is 6.04 Å². The number of hydrogen-bond acceptors (Lipinski definition) is 4. The van der Waals surface area contributed by atoms with Crippen LogP contribution in [0.3, 0.4) is 0 Å². The second kappa shape index (κ2) is 4.31. The first-order valence-electron chi connectivity index (χ1n) is 6.55. The highest BCUT2D eigenvalue weighted by atomic mass is 32.1. The minimum atomic E-state index is -0.651. The molecule has 1 aromatic heterocycles. The Morgan fingerprint density at radius 1 is 1.40 bits per heavy atom. The van der Waals surface area contributed by atoms with E-state index in [2.05, 4.69) is 23.2 Å². The summed E-state index contributed by atoms with van der Waals surface area (Å²) in [5, 5.41) is 1.17. The molecule has 0 radical (unpaired) electrons. The van der Waals surface area contributed by atoms with Gasteiger partial charge in [-0.05, 0) is 31.4 Å². The van der Waals surface area contributed by atoms with E-state index in [-0.39, 0.29) is 11.9 Å². The van der Waals surface area contributed by atoms with Gasteiger partial charge >= 0.3 is 0 Å². The second-order valence-electron chi connectivity index (χ2n) is 5.38. The minimum absolute atomic E-state index is 0.00376. The van der Waals surface area contributed by atoms with Gasteiger partial charge in [-0.3, -0.25) is 9.69 Å². The van der Waals surface area contributed by atoms with E-state index in [1.807, 2.05) is 26.0 Å². The smallest absolute Gasteiger partial charge is 0.242 e. The van der Waals surface area contributed by atoms with Gasteiger partial charge in [-0.1, -0.05) is 18.2 Å². The van der Waals surface area contributed by atoms with Crippen LogP contribution in [0.1, 0.15) is 18.7 Å². The van der Waals surface area contributed by atoms with Gasteiger partial charge in [-0.2, -0.15) is 0 Å². The van der Waals surface area contributed by atoms with E-state index in [4.69, 9.17) is 5.73 Å². The molecule has 0 fully saturated rings. The van der Waals surface area contributed by atoms with E-state index in [0.29, 0.717) is 5.96 Å². The fourth-order valence-electron chi connectivity index (χ4n) is 2.59. The van der Waals surface area contributed by atoms with E-state index in [1.54, 1.807) is 18.4 Å². The third-order valence-electron chi connectivity index (χ3n) is 4.19. The predicted molar refractivity (Wildman–Crippen MR) is 83.0 cm³/mol. The number of aliphatic imine (C=N–C) groups is 1. The van der Waals surface area contributed by atoms with Crippen LogP contribution >= 0.6 is 11.3 Å². The van der Waals surface area contributed by atoms with Crippen molar-refractivity contribution >= 4 is 33.3 Å². The highest BCUT2D eigenvalue weighted by Crippen LogP contribution is 2.40. The van der Waals surface area contributed by atoms with Crippen molar-refractivity contribution in [2.75, 3.05) is 7.05 Å². The number of amides is 1. The molecule has 1 aromatic carbocycles. The lowest BCUT2D eigenvalue weighted by molar-refractivity contribution is -0.133. The third-order valence-corrected chi connectivity index (χ3v) is 5.54. The number of carbonyl (C=O) groups is 1. The largest absolute Gasteiger partial charge is 0.369 e. The van der Waals surface area contributed by atoms with E-state index in [0.717, 1.165) is 4.88 Å². The van der Waals surface area contributed by atoms with Gasteiger partial charge in [0.2, 0.25) is 5.91 Å². The van der Waals surface area contributed by atoms with Crippen LogP contribution in [-0.4, -0.2) is 29.9 Å². The lowest BCUT2D eigenvalue weighted by atomic mass is 9.79. The predicted octanol–water partition coefficient (Wildman–Crippen LogP) is 2.33. The van der Waals surface area contributed by atoms with Crippen molar-refractivity contribution < 1.29 is 4.79 Å². The Labute approximate surface area is 121 Å². The van der Waals surface area contributed by atoms with Gasteiger partial charge in [-0.15, -0.1) is 11.3 Å². The zero-order valence-corrected chi connectivity index (χ0v) is 12.6. The number of thiophene rings is 1. The van der Waals surface area contributed by atoms with Crippen LogP contribution in [0.2, 0.25) is 0 Å². The Morgan fingerprint density at radius 3 is 2.80 bits per heavy atom. The molecule has 2 atom stereocenters. The summed E-state index contributed by atoms with van der Waals surface area (Å²) >= 11 is 1.66. The number of nitrogens with zero attached hydrogens (tertiary/aromatic N) is 2. The summed E-state index contributed by atoms with van der Waals surface area (Å²) in [6.45, 7) is 3.90. The van der Waals surface area contributed by atoms with E-state index in [9.17, 15) is 4.79 Å². The molecule has 2 N–H and O–H groups in total. The molecule has 3 rings (SSSR count). The van der Waals surface area contributed by atoms with Crippen LogP contribution in [0, 0.1) is 0 Å². The van der Waals surface area contributed by atoms with Gasteiger partial charge < -0.3 is 5.73 Å². The quantitative estimate of drug-likeness (QED) is 0.875. The van der Waals surface area contributed by atoms with Crippen LogP contribution in [0.4, 0.5) is 0 Å². The molecule has 5 heteroatoms. The molecular weight excluding hydrogens is 270 g/mol. The Balaban J connectivity index is 2.18. The lowest BCUT2D eigenvalue weighted by Crippen LogP contribution is -2.57. The summed E-state index contributed by atoms with van der Waals surface area (Å²) in [6, 6.07) is 10.1. The number of nitrogens with two attached hydrogens (primary N) is 1. The van der Waals surface area contributed by atoms with Crippen molar-refractivity contribution in [2.24, 2.45) is 10.7 Å². The number of benzene rings is 1. The van der Waals surface area contributed by atoms with Crippen molar-refractivity contribution in [3.05, 3.63) is 35.2 Å². The molecule has 0 saturated heterocycles. The van der Waals surface area contributed by atoms with Crippen molar-refractivity contribution in [1.29, 1.82) is 0 Å². The summed E-state index contributed by atoms with van der Waals surface area (Å²) in [4.78, 5) is 19.6. The molecule has 20 heavy (non-hydrogen) atoms. The van der Waals surface area contributed by atoms with Crippen LogP contribution < -0.4 is 5.73 Å². The summed E-state index contributed by atoms with van der Waals surface area (Å²) in [5.74, 6) is 0.296.